The summed E-state index contributed by atoms with van der Waals surface area (Å²) in [6.45, 7) is 0. The van der Waals surface area contributed by atoms with E-state index in [4.69, 9.17) is 40.5 Å². The van der Waals surface area contributed by atoms with Crippen LogP contribution in [0.4, 0.5) is 17.2 Å². The van der Waals surface area contributed by atoms with Crippen molar-refractivity contribution in [3.8, 4) is 0 Å². The summed E-state index contributed by atoms with van der Waals surface area (Å²) in [5.74, 6) is 0.383. The van der Waals surface area contributed by atoms with Crippen molar-refractivity contribution in [2.75, 3.05) is 11.1 Å². The Bertz CT molecular complexity index is 510. The fourth-order valence-corrected chi connectivity index (χ4v) is 1.68. The molecule has 0 fully saturated rings. The maximum atomic E-state index is 6.02. The Balaban J connectivity index is 2.38. The number of nitrogens with zero attached hydrogens (tertiary/aromatic N) is 2. The predicted octanol–water partition coefficient (Wildman–Crippen LogP) is 3.76. The SMILES string of the molecule is Nc1c(Cl)ncnc1Nc1cccc(Cl)c1Cl. The number of anilines is 3. The molecule has 0 bridgehead atoms. The summed E-state index contributed by atoms with van der Waals surface area (Å²) >= 11 is 17.7. The van der Waals surface area contributed by atoms with Gasteiger partial charge in [-0.25, -0.2) is 9.97 Å². The average molecular weight is 290 g/mol. The Morgan fingerprint density at radius 3 is 2.65 bits per heavy atom. The number of benzene rings is 1. The van der Waals surface area contributed by atoms with Gasteiger partial charge >= 0.3 is 0 Å². The maximum absolute atomic E-state index is 6.02. The number of halogens is 3. The molecule has 1 heterocycles. The third kappa shape index (κ3) is 2.54. The molecule has 0 saturated carbocycles. The largest absolute Gasteiger partial charge is 0.393 e. The van der Waals surface area contributed by atoms with Crippen molar-refractivity contribution < 1.29 is 0 Å². The smallest absolute Gasteiger partial charge is 0.158 e. The number of nitrogens with one attached hydrogen (secondary N) is 1. The first kappa shape index (κ1) is 12.2. The van der Waals surface area contributed by atoms with Crippen molar-refractivity contribution in [3.63, 3.8) is 0 Å². The van der Waals surface area contributed by atoms with E-state index < -0.39 is 0 Å². The zero-order chi connectivity index (χ0) is 12.4. The molecule has 0 amide bonds. The van der Waals surface area contributed by atoms with Crippen molar-refractivity contribution >= 4 is 52.0 Å². The Morgan fingerprint density at radius 1 is 1.12 bits per heavy atom. The number of nitrogen functional groups attached to an aromatic ring is 1. The molecule has 1 aromatic heterocycles. The van der Waals surface area contributed by atoms with Crippen LogP contribution in [-0.2, 0) is 0 Å². The van der Waals surface area contributed by atoms with Gasteiger partial charge in [-0.05, 0) is 12.1 Å². The molecule has 2 aromatic rings. The van der Waals surface area contributed by atoms with Crippen LogP contribution in [-0.4, -0.2) is 9.97 Å². The Morgan fingerprint density at radius 2 is 1.88 bits per heavy atom. The molecule has 17 heavy (non-hydrogen) atoms. The lowest BCUT2D eigenvalue weighted by Gasteiger charge is -2.10. The molecular formula is C10H7Cl3N4. The molecule has 88 valence electrons. The molecule has 3 N–H and O–H groups in total. The second-order valence-corrected chi connectivity index (χ2v) is 4.30. The van der Waals surface area contributed by atoms with Crippen LogP contribution in [0.15, 0.2) is 24.5 Å². The van der Waals surface area contributed by atoms with Gasteiger partial charge in [-0.15, -0.1) is 0 Å². The summed E-state index contributed by atoms with van der Waals surface area (Å²) < 4.78 is 0. The van der Waals surface area contributed by atoms with Crippen molar-refractivity contribution in [2.24, 2.45) is 0 Å². The molecule has 0 aliphatic rings. The van der Waals surface area contributed by atoms with Crippen molar-refractivity contribution in [3.05, 3.63) is 39.7 Å². The summed E-state index contributed by atoms with van der Waals surface area (Å²) in [7, 11) is 0. The summed E-state index contributed by atoms with van der Waals surface area (Å²) in [6, 6.07) is 5.20. The van der Waals surface area contributed by atoms with Crippen LogP contribution in [0.25, 0.3) is 0 Å². The van der Waals surface area contributed by atoms with Crippen LogP contribution in [0.1, 0.15) is 0 Å². The molecule has 0 radical (unpaired) electrons. The molecule has 7 heteroatoms. The van der Waals surface area contributed by atoms with Crippen LogP contribution in [0.5, 0.6) is 0 Å². The van der Waals surface area contributed by atoms with Crippen LogP contribution >= 0.6 is 34.8 Å². The number of nitrogens with two attached hydrogens (primary N) is 1. The van der Waals surface area contributed by atoms with Crippen LogP contribution < -0.4 is 11.1 Å². The molecule has 0 aliphatic heterocycles. The van der Waals surface area contributed by atoms with Crippen LogP contribution in [0, 0.1) is 0 Å². The molecule has 2 rings (SSSR count). The molecule has 0 atom stereocenters. The van der Waals surface area contributed by atoms with E-state index in [1.165, 1.54) is 6.33 Å². The highest BCUT2D eigenvalue weighted by atomic mass is 35.5. The molecule has 1 aromatic carbocycles. The third-order valence-corrected chi connectivity index (χ3v) is 3.16. The molecule has 0 saturated heterocycles. The quantitative estimate of drug-likeness (QED) is 0.826. The molecule has 0 aliphatic carbocycles. The lowest BCUT2D eigenvalue weighted by Crippen LogP contribution is -2.01. The van der Waals surface area contributed by atoms with E-state index in [-0.39, 0.29) is 10.8 Å². The first-order valence-electron chi connectivity index (χ1n) is 4.56. The molecule has 0 spiro atoms. The van der Waals surface area contributed by atoms with Gasteiger partial charge < -0.3 is 11.1 Å². The van der Waals surface area contributed by atoms with Crippen molar-refractivity contribution in [2.45, 2.75) is 0 Å². The minimum atomic E-state index is 0.181. The standard InChI is InChI=1S/C10H7Cl3N4/c11-5-2-1-3-6(7(5)12)17-10-8(14)9(13)15-4-16-10/h1-4H,14H2,(H,15,16,17). The predicted molar refractivity (Wildman–Crippen MR) is 71.2 cm³/mol. The molecular weight excluding hydrogens is 282 g/mol. The topological polar surface area (TPSA) is 63.8 Å². The highest BCUT2D eigenvalue weighted by molar-refractivity contribution is 6.43. The maximum Gasteiger partial charge on any atom is 0.158 e. The monoisotopic (exact) mass is 288 g/mol. The van der Waals surface area contributed by atoms with E-state index in [0.717, 1.165) is 0 Å². The van der Waals surface area contributed by atoms with Gasteiger partial charge in [-0.1, -0.05) is 40.9 Å². The van der Waals surface area contributed by atoms with Gasteiger partial charge in [0.05, 0.1) is 15.7 Å². The van der Waals surface area contributed by atoms with Gasteiger partial charge in [0.2, 0.25) is 0 Å². The second kappa shape index (κ2) is 4.96. The number of rotatable bonds is 2. The third-order valence-electron chi connectivity index (χ3n) is 2.04. The van der Waals surface area contributed by atoms with Crippen LogP contribution in [0.2, 0.25) is 15.2 Å². The van der Waals surface area contributed by atoms with Gasteiger partial charge in [-0.2, -0.15) is 0 Å². The molecule has 4 nitrogen and oxygen atoms in total. The van der Waals surface area contributed by atoms with E-state index in [2.05, 4.69) is 15.3 Å². The first-order chi connectivity index (χ1) is 8.09. The average Bonchev–Trinajstić information content (AvgIpc) is 2.31. The lowest BCUT2D eigenvalue weighted by atomic mass is 10.3. The van der Waals surface area contributed by atoms with E-state index in [0.29, 0.717) is 21.6 Å². The second-order valence-electron chi connectivity index (χ2n) is 3.15. The van der Waals surface area contributed by atoms with E-state index in [9.17, 15) is 0 Å². The highest BCUT2D eigenvalue weighted by Crippen LogP contribution is 2.33. The zero-order valence-electron chi connectivity index (χ0n) is 8.42. The van der Waals surface area contributed by atoms with Crippen LogP contribution in [0.3, 0.4) is 0 Å². The zero-order valence-corrected chi connectivity index (χ0v) is 10.7. The Hall–Kier alpha value is -1.23. The minimum absolute atomic E-state index is 0.181. The fourth-order valence-electron chi connectivity index (χ4n) is 1.20. The number of hydrogen-bond acceptors (Lipinski definition) is 4. The van der Waals surface area contributed by atoms with Crippen molar-refractivity contribution in [1.82, 2.24) is 9.97 Å². The van der Waals surface area contributed by atoms with E-state index in [1.54, 1.807) is 18.2 Å². The first-order valence-corrected chi connectivity index (χ1v) is 5.70. The number of aromatic nitrogens is 2. The molecule has 0 unspecified atom stereocenters. The summed E-state index contributed by atoms with van der Waals surface area (Å²) in [5.41, 5.74) is 6.58. The van der Waals surface area contributed by atoms with Gasteiger partial charge in [-0.3, -0.25) is 0 Å². The Labute approximate surface area is 113 Å². The van der Waals surface area contributed by atoms with Gasteiger partial charge in [0.1, 0.15) is 12.0 Å². The Kier molecular flexibility index (Phi) is 3.57. The number of hydrogen-bond donors (Lipinski definition) is 2. The van der Waals surface area contributed by atoms with E-state index in [1.807, 2.05) is 0 Å². The normalized spacial score (nSPS) is 10.3. The minimum Gasteiger partial charge on any atom is -0.393 e. The van der Waals surface area contributed by atoms with Crippen molar-refractivity contribution in [1.29, 1.82) is 0 Å². The lowest BCUT2D eigenvalue weighted by molar-refractivity contribution is 1.17. The van der Waals surface area contributed by atoms with E-state index >= 15 is 0 Å². The van der Waals surface area contributed by atoms with Gasteiger partial charge in [0.15, 0.2) is 11.0 Å². The highest BCUT2D eigenvalue weighted by Gasteiger charge is 2.09. The summed E-state index contributed by atoms with van der Waals surface area (Å²) in [5, 5.41) is 3.96. The van der Waals surface area contributed by atoms with Gasteiger partial charge in [0, 0.05) is 0 Å². The summed E-state index contributed by atoms with van der Waals surface area (Å²) in [6.07, 6.45) is 1.31. The van der Waals surface area contributed by atoms with Gasteiger partial charge in [0.25, 0.3) is 0 Å². The summed E-state index contributed by atoms with van der Waals surface area (Å²) in [4.78, 5) is 7.72. The fraction of sp³-hybridized carbons (Fsp3) is 0.